The van der Waals surface area contributed by atoms with Gasteiger partial charge in [-0.2, -0.15) is 0 Å². The fourth-order valence-electron chi connectivity index (χ4n) is 0.622. The van der Waals surface area contributed by atoms with Crippen LogP contribution >= 0.6 is 27.5 Å². The predicted molar refractivity (Wildman–Crippen MR) is 42.8 cm³/mol. The molecule has 0 atom stereocenters. The van der Waals surface area contributed by atoms with Gasteiger partial charge in [-0.25, -0.2) is 9.37 Å². The minimum atomic E-state index is -0.597. The van der Waals surface area contributed by atoms with Crippen molar-refractivity contribution in [1.29, 1.82) is 0 Å². The molecule has 1 aromatic heterocycles. The van der Waals surface area contributed by atoms with Crippen LogP contribution in [0.2, 0.25) is 5.02 Å². The number of halogens is 3. The van der Waals surface area contributed by atoms with E-state index in [0.29, 0.717) is 4.60 Å². The first-order chi connectivity index (χ1) is 5.16. The van der Waals surface area contributed by atoms with E-state index in [9.17, 15) is 4.39 Å². The van der Waals surface area contributed by atoms with Gasteiger partial charge in [0.25, 0.3) is 0 Å². The average Bonchev–Trinajstić information content (AvgIpc) is 1.99. The van der Waals surface area contributed by atoms with E-state index < -0.39 is 12.4 Å². The van der Waals surface area contributed by atoms with Gasteiger partial charge in [0.05, 0.1) is 17.8 Å². The summed E-state index contributed by atoms with van der Waals surface area (Å²) in [6.07, 6.45) is 1.00. The SMILES string of the molecule is OCc1c(F)cnc(Br)c1Cl. The smallest absolute Gasteiger partial charge is 0.148 e. The van der Waals surface area contributed by atoms with E-state index in [1.807, 2.05) is 0 Å². The Hall–Kier alpha value is -0.190. The van der Waals surface area contributed by atoms with Crippen molar-refractivity contribution in [3.63, 3.8) is 0 Å². The van der Waals surface area contributed by atoms with E-state index in [2.05, 4.69) is 20.9 Å². The Morgan fingerprint density at radius 3 is 2.82 bits per heavy atom. The molecule has 1 rings (SSSR count). The van der Waals surface area contributed by atoms with Gasteiger partial charge >= 0.3 is 0 Å². The molecule has 0 fully saturated rings. The molecule has 0 aliphatic carbocycles. The number of aliphatic hydroxyl groups excluding tert-OH is 1. The van der Waals surface area contributed by atoms with Crippen LogP contribution in [0.25, 0.3) is 0 Å². The second-order valence-corrected chi connectivity index (χ2v) is 2.98. The second kappa shape index (κ2) is 3.47. The van der Waals surface area contributed by atoms with Gasteiger partial charge in [-0.15, -0.1) is 0 Å². The third-order valence-corrected chi connectivity index (χ3v) is 2.42. The van der Waals surface area contributed by atoms with Crippen molar-refractivity contribution in [3.8, 4) is 0 Å². The van der Waals surface area contributed by atoms with Gasteiger partial charge in [0.1, 0.15) is 10.4 Å². The summed E-state index contributed by atoms with van der Waals surface area (Å²) in [5.74, 6) is -0.597. The van der Waals surface area contributed by atoms with Crippen LogP contribution in [-0.4, -0.2) is 10.1 Å². The Kier molecular flexibility index (Phi) is 2.81. The lowest BCUT2D eigenvalue weighted by molar-refractivity contribution is 0.275. The summed E-state index contributed by atoms with van der Waals surface area (Å²) in [4.78, 5) is 3.59. The summed E-state index contributed by atoms with van der Waals surface area (Å²) in [5.41, 5.74) is 0.0635. The van der Waals surface area contributed by atoms with E-state index in [1.165, 1.54) is 0 Å². The molecule has 1 N–H and O–H groups in total. The summed E-state index contributed by atoms with van der Waals surface area (Å²) in [6, 6.07) is 0. The molecule has 0 aliphatic rings. The molecule has 0 aromatic carbocycles. The van der Waals surface area contributed by atoms with Gasteiger partial charge in [-0.05, 0) is 15.9 Å². The number of rotatable bonds is 1. The Balaban J connectivity index is 3.29. The highest BCUT2D eigenvalue weighted by molar-refractivity contribution is 9.10. The lowest BCUT2D eigenvalue weighted by atomic mass is 10.3. The topological polar surface area (TPSA) is 33.1 Å². The van der Waals surface area contributed by atoms with Crippen LogP contribution in [0.4, 0.5) is 4.39 Å². The van der Waals surface area contributed by atoms with Crippen molar-refractivity contribution in [2.45, 2.75) is 6.61 Å². The fraction of sp³-hybridized carbons (Fsp3) is 0.167. The van der Waals surface area contributed by atoms with Crippen LogP contribution in [0, 0.1) is 5.82 Å². The lowest BCUT2D eigenvalue weighted by Crippen LogP contribution is -1.93. The van der Waals surface area contributed by atoms with Gasteiger partial charge in [-0.3, -0.25) is 0 Å². The first kappa shape index (κ1) is 8.90. The molecule has 60 valence electrons. The summed E-state index contributed by atoms with van der Waals surface area (Å²) in [6.45, 7) is -0.425. The maximum absolute atomic E-state index is 12.7. The third kappa shape index (κ3) is 1.69. The normalized spacial score (nSPS) is 10.2. The van der Waals surface area contributed by atoms with Crippen molar-refractivity contribution in [1.82, 2.24) is 4.98 Å². The van der Waals surface area contributed by atoms with Crippen LogP contribution in [0.15, 0.2) is 10.8 Å². The molecule has 0 amide bonds. The molecule has 0 spiro atoms. The van der Waals surface area contributed by atoms with Crippen LogP contribution < -0.4 is 0 Å². The highest BCUT2D eigenvalue weighted by Gasteiger charge is 2.09. The zero-order valence-corrected chi connectivity index (χ0v) is 7.65. The average molecular weight is 240 g/mol. The maximum Gasteiger partial charge on any atom is 0.148 e. The quantitative estimate of drug-likeness (QED) is 0.763. The number of hydrogen-bond donors (Lipinski definition) is 1. The molecule has 2 nitrogen and oxygen atoms in total. The molecule has 0 saturated carbocycles. The number of aliphatic hydroxyl groups is 1. The minimum Gasteiger partial charge on any atom is -0.392 e. The molecule has 0 radical (unpaired) electrons. The van der Waals surface area contributed by atoms with Gasteiger partial charge in [0.2, 0.25) is 0 Å². The minimum absolute atomic E-state index is 0.0635. The molecule has 5 heteroatoms. The number of pyridine rings is 1. The highest BCUT2D eigenvalue weighted by atomic mass is 79.9. The number of aromatic nitrogens is 1. The molecule has 0 bridgehead atoms. The molecule has 0 saturated heterocycles. The van der Waals surface area contributed by atoms with E-state index in [1.54, 1.807) is 0 Å². The van der Waals surface area contributed by atoms with E-state index >= 15 is 0 Å². The lowest BCUT2D eigenvalue weighted by Gasteiger charge is -2.01. The molecule has 11 heavy (non-hydrogen) atoms. The Bertz CT molecular complexity index is 282. The van der Waals surface area contributed by atoms with Crippen LogP contribution in [-0.2, 0) is 6.61 Å². The largest absolute Gasteiger partial charge is 0.392 e. The summed E-state index contributed by atoms with van der Waals surface area (Å²) in [5, 5.41) is 8.77. The number of hydrogen-bond acceptors (Lipinski definition) is 2. The van der Waals surface area contributed by atoms with Crippen molar-refractivity contribution in [3.05, 3.63) is 27.2 Å². The van der Waals surface area contributed by atoms with Crippen molar-refractivity contribution in [2.75, 3.05) is 0 Å². The van der Waals surface area contributed by atoms with Crippen molar-refractivity contribution in [2.24, 2.45) is 0 Å². The molecular weight excluding hydrogens is 236 g/mol. The fourth-order valence-corrected chi connectivity index (χ4v) is 1.16. The van der Waals surface area contributed by atoms with Crippen molar-refractivity contribution < 1.29 is 9.50 Å². The van der Waals surface area contributed by atoms with Gasteiger partial charge < -0.3 is 5.11 Å². The van der Waals surface area contributed by atoms with Crippen LogP contribution in [0.5, 0.6) is 0 Å². The monoisotopic (exact) mass is 239 g/mol. The standard InChI is InChI=1S/C6H4BrClFNO/c7-6-5(8)3(2-11)4(9)1-10-6/h1,11H,2H2. The first-order valence-electron chi connectivity index (χ1n) is 2.76. The molecule has 0 aliphatic heterocycles. The zero-order valence-electron chi connectivity index (χ0n) is 5.31. The predicted octanol–water partition coefficient (Wildman–Crippen LogP) is 2.13. The van der Waals surface area contributed by atoms with Gasteiger partial charge in [0.15, 0.2) is 0 Å². The molecular formula is C6H4BrClFNO. The highest BCUT2D eigenvalue weighted by Crippen LogP contribution is 2.25. The Labute approximate surface area is 76.1 Å². The van der Waals surface area contributed by atoms with Gasteiger partial charge in [-0.1, -0.05) is 11.6 Å². The van der Waals surface area contributed by atoms with Crippen molar-refractivity contribution >= 4 is 27.5 Å². The summed E-state index contributed by atoms with van der Waals surface area (Å²) >= 11 is 8.59. The Morgan fingerprint density at radius 1 is 1.73 bits per heavy atom. The van der Waals surface area contributed by atoms with Gasteiger partial charge in [0, 0.05) is 5.56 Å². The molecule has 0 unspecified atom stereocenters. The van der Waals surface area contributed by atoms with Crippen LogP contribution in [0.3, 0.4) is 0 Å². The zero-order chi connectivity index (χ0) is 8.43. The van der Waals surface area contributed by atoms with E-state index in [-0.39, 0.29) is 10.6 Å². The summed E-state index contributed by atoms with van der Waals surface area (Å²) in [7, 11) is 0. The van der Waals surface area contributed by atoms with E-state index in [4.69, 9.17) is 16.7 Å². The maximum atomic E-state index is 12.7. The second-order valence-electron chi connectivity index (χ2n) is 1.85. The summed E-state index contributed by atoms with van der Waals surface area (Å²) < 4.78 is 13.0. The van der Waals surface area contributed by atoms with E-state index in [0.717, 1.165) is 6.20 Å². The third-order valence-electron chi connectivity index (χ3n) is 1.18. The first-order valence-corrected chi connectivity index (χ1v) is 3.93. The molecule has 1 aromatic rings. The molecule has 1 heterocycles. The van der Waals surface area contributed by atoms with Crippen LogP contribution in [0.1, 0.15) is 5.56 Å². The Morgan fingerprint density at radius 2 is 2.36 bits per heavy atom. The number of nitrogens with zero attached hydrogens (tertiary/aromatic N) is 1.